The van der Waals surface area contributed by atoms with Crippen molar-refractivity contribution in [1.29, 1.82) is 0 Å². The molecule has 0 fully saturated rings. The van der Waals surface area contributed by atoms with E-state index in [-0.39, 0.29) is 11.6 Å². The van der Waals surface area contributed by atoms with E-state index in [1.165, 1.54) is 0 Å². The minimum absolute atomic E-state index is 0.121. The van der Waals surface area contributed by atoms with Crippen LogP contribution in [0.1, 0.15) is 31.8 Å². The summed E-state index contributed by atoms with van der Waals surface area (Å²) in [5.41, 5.74) is 4.08. The first-order chi connectivity index (χ1) is 12.7. The highest BCUT2D eigenvalue weighted by Gasteiger charge is 2.31. The lowest BCUT2D eigenvalue weighted by Crippen LogP contribution is -2.21. The maximum Gasteiger partial charge on any atom is 0.196 e. The topological polar surface area (TPSA) is 47.0 Å². The van der Waals surface area contributed by atoms with E-state index in [0.29, 0.717) is 27.8 Å². The van der Waals surface area contributed by atoms with Gasteiger partial charge in [-0.05, 0) is 12.1 Å². The van der Waals surface area contributed by atoms with Crippen LogP contribution in [0.2, 0.25) is 0 Å². The van der Waals surface area contributed by atoms with Gasteiger partial charge in [0.1, 0.15) is 0 Å². The summed E-state index contributed by atoms with van der Waals surface area (Å²) in [5, 5.41) is 0.851. The molecule has 5 rings (SSSR count). The van der Waals surface area contributed by atoms with Gasteiger partial charge in [-0.2, -0.15) is 0 Å². The van der Waals surface area contributed by atoms with Crippen molar-refractivity contribution < 1.29 is 9.59 Å². The second-order valence-corrected chi connectivity index (χ2v) is 6.33. The highest BCUT2D eigenvalue weighted by atomic mass is 16.1. The predicted molar refractivity (Wildman–Crippen MR) is 100 cm³/mol. The van der Waals surface area contributed by atoms with E-state index in [1.807, 2.05) is 48.5 Å². The molecule has 0 unspecified atom stereocenters. The van der Waals surface area contributed by atoms with Crippen molar-refractivity contribution >= 4 is 22.5 Å². The lowest BCUT2D eigenvalue weighted by Gasteiger charge is -2.18. The van der Waals surface area contributed by atoms with Crippen molar-refractivity contribution in [2.75, 3.05) is 0 Å². The number of fused-ring (bicyclic) bond motifs is 4. The number of aromatic nitrogens is 1. The number of pyridine rings is 1. The first-order valence-electron chi connectivity index (χ1n) is 8.41. The Labute approximate surface area is 149 Å². The van der Waals surface area contributed by atoms with Crippen molar-refractivity contribution in [1.82, 2.24) is 4.98 Å². The molecule has 122 valence electrons. The smallest absolute Gasteiger partial charge is 0.196 e. The van der Waals surface area contributed by atoms with E-state index in [1.54, 1.807) is 30.3 Å². The Kier molecular flexibility index (Phi) is 3.09. The van der Waals surface area contributed by atoms with Crippen LogP contribution in [0.25, 0.3) is 22.2 Å². The van der Waals surface area contributed by atoms with E-state index < -0.39 is 0 Å². The Bertz CT molecular complexity index is 1210. The summed E-state index contributed by atoms with van der Waals surface area (Å²) in [4.78, 5) is 30.7. The van der Waals surface area contributed by atoms with Gasteiger partial charge in [0.15, 0.2) is 11.6 Å². The molecule has 0 saturated carbocycles. The third kappa shape index (κ3) is 2.04. The van der Waals surface area contributed by atoms with Gasteiger partial charge in [-0.1, -0.05) is 66.7 Å². The molecular formula is C23H13NO2. The fraction of sp³-hybridized carbons (Fsp3) is 0. The standard InChI is InChI=1S/C23H13NO2/c25-22-16-8-4-5-9-17(16)23(26)20-18(22)12-10-15-11-13-19(24-21(15)20)14-6-2-1-3-7-14/h1-13H. The molecule has 0 radical (unpaired) electrons. The molecule has 1 aliphatic rings. The number of ketones is 2. The number of rotatable bonds is 1. The molecule has 3 heteroatoms. The summed E-state index contributed by atoms with van der Waals surface area (Å²) in [5.74, 6) is -0.262. The summed E-state index contributed by atoms with van der Waals surface area (Å²) in [6.45, 7) is 0. The fourth-order valence-corrected chi connectivity index (χ4v) is 3.54. The molecule has 0 atom stereocenters. The highest BCUT2D eigenvalue weighted by molar-refractivity contribution is 6.31. The van der Waals surface area contributed by atoms with Gasteiger partial charge in [-0.3, -0.25) is 9.59 Å². The molecule has 1 aliphatic carbocycles. The first-order valence-corrected chi connectivity index (χ1v) is 8.41. The van der Waals surface area contributed by atoms with E-state index in [4.69, 9.17) is 4.98 Å². The number of carbonyl (C=O) groups is 2. The van der Waals surface area contributed by atoms with Gasteiger partial charge in [0.25, 0.3) is 0 Å². The Morgan fingerprint density at radius 2 is 1.23 bits per heavy atom. The zero-order valence-electron chi connectivity index (χ0n) is 13.8. The fourth-order valence-electron chi connectivity index (χ4n) is 3.54. The summed E-state index contributed by atoms with van der Waals surface area (Å²) >= 11 is 0. The average molecular weight is 335 g/mol. The summed E-state index contributed by atoms with van der Waals surface area (Å²) in [7, 11) is 0. The van der Waals surface area contributed by atoms with Crippen LogP contribution in [0.5, 0.6) is 0 Å². The van der Waals surface area contributed by atoms with Crippen molar-refractivity contribution in [2.45, 2.75) is 0 Å². The highest BCUT2D eigenvalue weighted by Crippen LogP contribution is 2.32. The van der Waals surface area contributed by atoms with E-state index in [2.05, 4.69) is 0 Å². The van der Waals surface area contributed by atoms with Gasteiger partial charge in [-0.15, -0.1) is 0 Å². The largest absolute Gasteiger partial charge is 0.289 e. The third-order valence-corrected chi connectivity index (χ3v) is 4.82. The predicted octanol–water partition coefficient (Wildman–Crippen LogP) is 4.68. The van der Waals surface area contributed by atoms with Crippen molar-refractivity contribution in [3.05, 3.63) is 101 Å². The zero-order chi connectivity index (χ0) is 17.7. The molecule has 0 N–H and O–H groups in total. The molecule has 1 heterocycles. The minimum atomic E-state index is -0.140. The minimum Gasteiger partial charge on any atom is -0.289 e. The summed E-state index contributed by atoms with van der Waals surface area (Å²) in [6.07, 6.45) is 0. The third-order valence-electron chi connectivity index (χ3n) is 4.82. The molecule has 3 nitrogen and oxygen atoms in total. The Morgan fingerprint density at radius 3 is 2.00 bits per heavy atom. The van der Waals surface area contributed by atoms with E-state index in [0.717, 1.165) is 16.6 Å². The number of hydrogen-bond acceptors (Lipinski definition) is 3. The zero-order valence-corrected chi connectivity index (χ0v) is 13.8. The Balaban J connectivity index is 1.81. The molecule has 0 saturated heterocycles. The van der Waals surface area contributed by atoms with Gasteiger partial charge in [-0.25, -0.2) is 4.98 Å². The number of nitrogens with zero attached hydrogens (tertiary/aromatic N) is 1. The SMILES string of the molecule is O=C1c2ccccc2C(=O)c2c1ccc1ccc(-c3ccccc3)nc21. The van der Waals surface area contributed by atoms with Crippen LogP contribution >= 0.6 is 0 Å². The Hall–Kier alpha value is -3.59. The molecule has 0 amide bonds. The average Bonchev–Trinajstić information content (AvgIpc) is 2.71. The second-order valence-electron chi connectivity index (χ2n) is 6.33. The molecule has 0 bridgehead atoms. The molecule has 4 aromatic rings. The monoisotopic (exact) mass is 335 g/mol. The van der Waals surface area contributed by atoms with E-state index >= 15 is 0 Å². The van der Waals surface area contributed by atoms with Gasteiger partial charge < -0.3 is 0 Å². The van der Waals surface area contributed by atoms with Gasteiger partial charge in [0.05, 0.1) is 16.8 Å². The van der Waals surface area contributed by atoms with Crippen molar-refractivity contribution in [3.63, 3.8) is 0 Å². The lowest BCUT2D eigenvalue weighted by atomic mass is 9.83. The maximum absolute atomic E-state index is 13.1. The quantitative estimate of drug-likeness (QED) is 0.447. The molecule has 0 spiro atoms. The number of benzene rings is 3. The van der Waals surface area contributed by atoms with Crippen LogP contribution < -0.4 is 0 Å². The van der Waals surface area contributed by atoms with Crippen LogP contribution in [0, 0.1) is 0 Å². The van der Waals surface area contributed by atoms with Crippen LogP contribution in [-0.4, -0.2) is 16.6 Å². The molecule has 3 aromatic carbocycles. The van der Waals surface area contributed by atoms with Crippen LogP contribution in [0.15, 0.2) is 78.9 Å². The molecule has 1 aromatic heterocycles. The number of hydrogen-bond donors (Lipinski definition) is 0. The summed E-state index contributed by atoms with van der Waals surface area (Å²) in [6, 6.07) is 24.3. The van der Waals surface area contributed by atoms with Gasteiger partial charge in [0, 0.05) is 27.6 Å². The van der Waals surface area contributed by atoms with E-state index in [9.17, 15) is 9.59 Å². The second kappa shape index (κ2) is 5.46. The molecule has 26 heavy (non-hydrogen) atoms. The van der Waals surface area contributed by atoms with Crippen molar-refractivity contribution in [3.8, 4) is 11.3 Å². The van der Waals surface area contributed by atoms with Crippen molar-refractivity contribution in [2.24, 2.45) is 0 Å². The molecule has 0 aliphatic heterocycles. The Morgan fingerprint density at radius 1 is 0.577 bits per heavy atom. The van der Waals surface area contributed by atoms with Crippen LogP contribution in [0.4, 0.5) is 0 Å². The normalized spacial score (nSPS) is 12.8. The van der Waals surface area contributed by atoms with Gasteiger partial charge >= 0.3 is 0 Å². The van der Waals surface area contributed by atoms with Gasteiger partial charge in [0.2, 0.25) is 0 Å². The van der Waals surface area contributed by atoms with Crippen LogP contribution in [0.3, 0.4) is 0 Å². The maximum atomic E-state index is 13.1. The summed E-state index contributed by atoms with van der Waals surface area (Å²) < 4.78 is 0. The first kappa shape index (κ1) is 14.7. The number of carbonyl (C=O) groups excluding carboxylic acids is 2. The lowest BCUT2D eigenvalue weighted by molar-refractivity contribution is 0.0980. The van der Waals surface area contributed by atoms with Crippen LogP contribution in [-0.2, 0) is 0 Å². The molecular weight excluding hydrogens is 322 g/mol.